The second-order valence-electron chi connectivity index (χ2n) is 5.08. The minimum Gasteiger partial charge on any atom is -0.439 e. The molecule has 0 aliphatic heterocycles. The SMILES string of the molecule is COCCNCc1c(C)nn(C)c1Oc1cccc(C)c1. The summed E-state index contributed by atoms with van der Waals surface area (Å²) >= 11 is 0. The van der Waals surface area contributed by atoms with Gasteiger partial charge in [-0.25, -0.2) is 4.68 Å². The zero-order chi connectivity index (χ0) is 15.2. The Kier molecular flexibility index (Phi) is 5.36. The Bertz CT molecular complexity index is 593. The highest BCUT2D eigenvalue weighted by Gasteiger charge is 2.15. The predicted molar refractivity (Wildman–Crippen MR) is 82.8 cm³/mol. The Morgan fingerprint density at radius 1 is 1.29 bits per heavy atom. The van der Waals surface area contributed by atoms with Gasteiger partial charge in [-0.15, -0.1) is 0 Å². The number of ether oxygens (including phenoxy) is 2. The zero-order valence-electron chi connectivity index (χ0n) is 13.1. The number of rotatable bonds is 7. The molecule has 0 unspecified atom stereocenters. The quantitative estimate of drug-likeness (QED) is 0.796. The van der Waals surface area contributed by atoms with Gasteiger partial charge in [-0.2, -0.15) is 5.10 Å². The summed E-state index contributed by atoms with van der Waals surface area (Å²) < 4.78 is 12.9. The molecule has 21 heavy (non-hydrogen) atoms. The smallest absolute Gasteiger partial charge is 0.222 e. The Morgan fingerprint density at radius 2 is 2.10 bits per heavy atom. The second-order valence-corrected chi connectivity index (χ2v) is 5.08. The third-order valence-corrected chi connectivity index (χ3v) is 3.28. The Hall–Kier alpha value is -1.85. The van der Waals surface area contributed by atoms with Crippen molar-refractivity contribution in [2.75, 3.05) is 20.3 Å². The largest absolute Gasteiger partial charge is 0.439 e. The number of nitrogens with zero attached hydrogens (tertiary/aromatic N) is 2. The van der Waals surface area contributed by atoms with Gasteiger partial charge in [-0.05, 0) is 31.5 Å². The summed E-state index contributed by atoms with van der Waals surface area (Å²) in [6.07, 6.45) is 0. The van der Waals surface area contributed by atoms with Crippen molar-refractivity contribution in [1.82, 2.24) is 15.1 Å². The highest BCUT2D eigenvalue weighted by molar-refractivity contribution is 5.36. The van der Waals surface area contributed by atoms with Crippen molar-refractivity contribution in [2.24, 2.45) is 7.05 Å². The summed E-state index contributed by atoms with van der Waals surface area (Å²) in [5.74, 6) is 1.61. The molecule has 0 atom stereocenters. The van der Waals surface area contributed by atoms with Crippen molar-refractivity contribution in [3.8, 4) is 11.6 Å². The maximum absolute atomic E-state index is 6.03. The molecule has 0 bridgehead atoms. The molecule has 0 spiro atoms. The molecule has 0 saturated heterocycles. The van der Waals surface area contributed by atoms with Gasteiger partial charge < -0.3 is 14.8 Å². The molecule has 0 amide bonds. The third-order valence-electron chi connectivity index (χ3n) is 3.28. The van der Waals surface area contributed by atoms with E-state index in [0.717, 1.165) is 29.4 Å². The van der Waals surface area contributed by atoms with E-state index < -0.39 is 0 Å². The van der Waals surface area contributed by atoms with Gasteiger partial charge in [0.2, 0.25) is 5.88 Å². The van der Waals surface area contributed by atoms with Gasteiger partial charge in [0.1, 0.15) is 5.75 Å². The maximum atomic E-state index is 6.03. The summed E-state index contributed by atoms with van der Waals surface area (Å²) in [6.45, 7) is 6.25. The van der Waals surface area contributed by atoms with Crippen LogP contribution in [-0.2, 0) is 18.3 Å². The monoisotopic (exact) mass is 289 g/mol. The minimum atomic E-state index is 0.688. The fraction of sp³-hybridized carbons (Fsp3) is 0.438. The van der Waals surface area contributed by atoms with Crippen LogP contribution in [0.2, 0.25) is 0 Å². The first kappa shape index (κ1) is 15.5. The normalized spacial score (nSPS) is 10.9. The van der Waals surface area contributed by atoms with Crippen molar-refractivity contribution >= 4 is 0 Å². The van der Waals surface area contributed by atoms with Crippen LogP contribution in [0.4, 0.5) is 0 Å². The van der Waals surface area contributed by atoms with Crippen LogP contribution in [0.1, 0.15) is 16.8 Å². The molecule has 2 rings (SSSR count). The molecule has 1 aromatic heterocycles. The van der Waals surface area contributed by atoms with Crippen LogP contribution in [-0.4, -0.2) is 30.0 Å². The van der Waals surface area contributed by atoms with E-state index in [1.165, 1.54) is 5.56 Å². The fourth-order valence-corrected chi connectivity index (χ4v) is 2.19. The lowest BCUT2D eigenvalue weighted by Gasteiger charge is -2.10. The van der Waals surface area contributed by atoms with Gasteiger partial charge in [-0.1, -0.05) is 12.1 Å². The first-order valence-corrected chi connectivity index (χ1v) is 7.08. The first-order valence-electron chi connectivity index (χ1n) is 7.08. The molecule has 0 fully saturated rings. The third kappa shape index (κ3) is 4.06. The molecule has 2 aromatic rings. The van der Waals surface area contributed by atoms with Crippen molar-refractivity contribution in [3.05, 3.63) is 41.1 Å². The topological polar surface area (TPSA) is 48.3 Å². The Labute approximate surface area is 125 Å². The summed E-state index contributed by atoms with van der Waals surface area (Å²) in [5, 5.41) is 7.78. The number of hydrogen-bond donors (Lipinski definition) is 1. The van der Waals surface area contributed by atoms with E-state index in [1.807, 2.05) is 32.2 Å². The molecule has 0 radical (unpaired) electrons. The molecule has 0 aliphatic carbocycles. The van der Waals surface area contributed by atoms with E-state index >= 15 is 0 Å². The fourth-order valence-electron chi connectivity index (χ4n) is 2.19. The lowest BCUT2D eigenvalue weighted by molar-refractivity contribution is 0.199. The van der Waals surface area contributed by atoms with Crippen LogP contribution < -0.4 is 10.1 Å². The van der Waals surface area contributed by atoms with Gasteiger partial charge in [0.05, 0.1) is 17.9 Å². The van der Waals surface area contributed by atoms with Crippen molar-refractivity contribution < 1.29 is 9.47 Å². The van der Waals surface area contributed by atoms with Crippen LogP contribution in [0, 0.1) is 13.8 Å². The Morgan fingerprint density at radius 3 is 2.81 bits per heavy atom. The minimum absolute atomic E-state index is 0.688. The lowest BCUT2D eigenvalue weighted by atomic mass is 10.2. The molecule has 1 aromatic carbocycles. The lowest BCUT2D eigenvalue weighted by Crippen LogP contribution is -2.19. The van der Waals surface area contributed by atoms with Crippen molar-refractivity contribution in [3.63, 3.8) is 0 Å². The zero-order valence-corrected chi connectivity index (χ0v) is 13.1. The average Bonchev–Trinajstić information content (AvgIpc) is 2.70. The molecule has 1 heterocycles. The van der Waals surface area contributed by atoms with E-state index in [4.69, 9.17) is 9.47 Å². The molecule has 1 N–H and O–H groups in total. The highest BCUT2D eigenvalue weighted by Crippen LogP contribution is 2.27. The maximum Gasteiger partial charge on any atom is 0.222 e. The van der Waals surface area contributed by atoms with Crippen LogP contribution >= 0.6 is 0 Å². The number of aromatic nitrogens is 2. The standard InChI is InChI=1S/C16H23N3O2/c1-12-6-5-7-14(10-12)21-16-15(11-17-8-9-20-4)13(2)18-19(16)3/h5-7,10,17H,8-9,11H2,1-4H3. The summed E-state index contributed by atoms with van der Waals surface area (Å²) in [4.78, 5) is 0. The van der Waals surface area contributed by atoms with E-state index in [0.29, 0.717) is 13.2 Å². The number of benzene rings is 1. The van der Waals surface area contributed by atoms with Crippen molar-refractivity contribution in [1.29, 1.82) is 0 Å². The molecule has 5 heteroatoms. The predicted octanol–water partition coefficient (Wildman–Crippen LogP) is 2.57. The molecule has 0 aliphatic rings. The van der Waals surface area contributed by atoms with Gasteiger partial charge in [0.15, 0.2) is 0 Å². The molecule has 5 nitrogen and oxygen atoms in total. The molecular weight excluding hydrogens is 266 g/mol. The van der Waals surface area contributed by atoms with Crippen LogP contribution in [0.25, 0.3) is 0 Å². The summed E-state index contributed by atoms with van der Waals surface area (Å²) in [5.41, 5.74) is 3.23. The first-order chi connectivity index (χ1) is 10.1. The van der Waals surface area contributed by atoms with Gasteiger partial charge >= 0.3 is 0 Å². The molecule has 0 saturated carbocycles. The van der Waals surface area contributed by atoms with Gasteiger partial charge in [0.25, 0.3) is 0 Å². The second kappa shape index (κ2) is 7.24. The summed E-state index contributed by atoms with van der Waals surface area (Å²) in [6, 6.07) is 8.01. The number of aryl methyl sites for hydroxylation is 3. The highest BCUT2D eigenvalue weighted by atomic mass is 16.5. The van der Waals surface area contributed by atoms with E-state index in [-0.39, 0.29) is 0 Å². The number of hydrogen-bond acceptors (Lipinski definition) is 4. The van der Waals surface area contributed by atoms with Crippen molar-refractivity contribution in [2.45, 2.75) is 20.4 Å². The number of nitrogens with one attached hydrogen (secondary N) is 1. The van der Waals surface area contributed by atoms with E-state index in [1.54, 1.807) is 11.8 Å². The van der Waals surface area contributed by atoms with E-state index in [9.17, 15) is 0 Å². The van der Waals surface area contributed by atoms with Crippen LogP contribution in [0.15, 0.2) is 24.3 Å². The Balaban J connectivity index is 2.14. The van der Waals surface area contributed by atoms with Gasteiger partial charge in [0, 0.05) is 27.2 Å². The van der Waals surface area contributed by atoms with Crippen LogP contribution in [0.3, 0.4) is 0 Å². The number of methoxy groups -OCH3 is 1. The van der Waals surface area contributed by atoms with E-state index in [2.05, 4.69) is 23.4 Å². The molecule has 114 valence electrons. The average molecular weight is 289 g/mol. The van der Waals surface area contributed by atoms with Crippen LogP contribution in [0.5, 0.6) is 11.6 Å². The molecular formula is C16H23N3O2. The summed E-state index contributed by atoms with van der Waals surface area (Å²) in [7, 11) is 3.60. The van der Waals surface area contributed by atoms with Gasteiger partial charge in [-0.3, -0.25) is 0 Å².